The predicted octanol–water partition coefficient (Wildman–Crippen LogP) is 3.62. The smallest absolute Gasteiger partial charge is 0.261 e. The van der Waals surface area contributed by atoms with Crippen molar-refractivity contribution in [2.75, 3.05) is 26.7 Å². The Morgan fingerprint density at radius 3 is 2.00 bits per heavy atom. The zero-order valence-electron chi connectivity index (χ0n) is 16.0. The van der Waals surface area contributed by atoms with Crippen molar-refractivity contribution in [2.24, 2.45) is 0 Å². The first-order valence-corrected chi connectivity index (χ1v) is 9.97. The quantitative estimate of drug-likeness (QED) is 0.812. The van der Waals surface area contributed by atoms with Crippen LogP contribution in [0.1, 0.15) is 36.8 Å². The third-order valence-corrected chi connectivity index (χ3v) is 6.09. The Morgan fingerprint density at radius 2 is 1.48 bits per heavy atom. The van der Waals surface area contributed by atoms with Crippen LogP contribution in [0.25, 0.3) is 0 Å². The predicted molar refractivity (Wildman–Crippen MR) is 106 cm³/mol. The number of benzene rings is 2. The Balaban J connectivity index is 1.73. The molecule has 142 valence electrons. The van der Waals surface area contributed by atoms with Crippen LogP contribution in [0.4, 0.5) is 0 Å². The largest absolute Gasteiger partial charge is 0.301 e. The van der Waals surface area contributed by atoms with Gasteiger partial charge in [0.1, 0.15) is 5.41 Å². The molecule has 27 heavy (non-hydrogen) atoms. The van der Waals surface area contributed by atoms with Crippen molar-refractivity contribution < 1.29 is 9.63 Å². The minimum atomic E-state index is -0.682. The summed E-state index contributed by atoms with van der Waals surface area (Å²) < 4.78 is 0. The van der Waals surface area contributed by atoms with E-state index in [0.717, 1.165) is 37.2 Å². The summed E-state index contributed by atoms with van der Waals surface area (Å²) in [5, 5.41) is 1.63. The van der Waals surface area contributed by atoms with Crippen LogP contribution in [-0.4, -0.2) is 48.7 Å². The van der Waals surface area contributed by atoms with Crippen molar-refractivity contribution in [3.05, 3.63) is 71.8 Å². The lowest BCUT2D eigenvalue weighted by Gasteiger charge is -2.31. The van der Waals surface area contributed by atoms with Crippen molar-refractivity contribution in [1.82, 2.24) is 9.96 Å². The van der Waals surface area contributed by atoms with E-state index in [-0.39, 0.29) is 11.9 Å². The highest BCUT2D eigenvalue weighted by Crippen LogP contribution is 2.45. The van der Waals surface area contributed by atoms with E-state index >= 15 is 0 Å². The summed E-state index contributed by atoms with van der Waals surface area (Å²) in [7, 11) is 1.62. The molecule has 2 aliphatic rings. The molecule has 2 fully saturated rings. The third kappa shape index (κ3) is 3.28. The maximum Gasteiger partial charge on any atom is 0.261 e. The van der Waals surface area contributed by atoms with Crippen LogP contribution in [0, 0.1) is 0 Å². The van der Waals surface area contributed by atoms with E-state index in [9.17, 15) is 4.79 Å². The molecule has 2 saturated heterocycles. The molecule has 4 rings (SSSR count). The van der Waals surface area contributed by atoms with Gasteiger partial charge in [-0.2, -0.15) is 0 Å². The maximum absolute atomic E-state index is 13.7. The molecule has 0 spiro atoms. The van der Waals surface area contributed by atoms with Crippen LogP contribution in [-0.2, 0) is 15.0 Å². The zero-order valence-corrected chi connectivity index (χ0v) is 16.0. The standard InChI is InChI=1S/C23H28N2O2/c1-27-25-21(18-24-15-9-4-10-16-24)17-23(22(25)26,19-11-5-2-6-12-19)20-13-7-3-8-14-20/h2-3,5-8,11-14,21H,4,9-10,15-18H2,1H3. The van der Waals surface area contributed by atoms with E-state index in [2.05, 4.69) is 29.2 Å². The molecule has 1 unspecified atom stereocenters. The van der Waals surface area contributed by atoms with Gasteiger partial charge in [-0.3, -0.25) is 9.63 Å². The summed E-state index contributed by atoms with van der Waals surface area (Å²) >= 11 is 0. The first kappa shape index (κ1) is 18.2. The molecular formula is C23H28N2O2. The second-order valence-electron chi connectivity index (χ2n) is 7.67. The van der Waals surface area contributed by atoms with Crippen LogP contribution in [0.5, 0.6) is 0 Å². The second kappa shape index (κ2) is 7.83. The van der Waals surface area contributed by atoms with Gasteiger partial charge in [0.05, 0.1) is 13.2 Å². The molecule has 2 heterocycles. The number of nitrogens with zero attached hydrogens (tertiary/aromatic N) is 2. The second-order valence-corrected chi connectivity index (χ2v) is 7.67. The normalized spacial score (nSPS) is 22.9. The van der Waals surface area contributed by atoms with Gasteiger partial charge in [0.2, 0.25) is 0 Å². The van der Waals surface area contributed by atoms with E-state index in [0.29, 0.717) is 0 Å². The zero-order chi connectivity index (χ0) is 18.7. The summed E-state index contributed by atoms with van der Waals surface area (Å²) in [5.41, 5.74) is 1.41. The van der Waals surface area contributed by atoms with Gasteiger partial charge in [-0.1, -0.05) is 67.1 Å². The lowest BCUT2D eigenvalue weighted by Crippen LogP contribution is -2.43. The fourth-order valence-corrected chi connectivity index (χ4v) is 4.78. The summed E-state index contributed by atoms with van der Waals surface area (Å²) in [4.78, 5) is 21.8. The summed E-state index contributed by atoms with van der Waals surface area (Å²) in [6.45, 7) is 3.11. The van der Waals surface area contributed by atoms with Crippen LogP contribution < -0.4 is 0 Å². The minimum absolute atomic E-state index is 0.0457. The van der Waals surface area contributed by atoms with E-state index in [1.165, 1.54) is 19.3 Å². The van der Waals surface area contributed by atoms with Crippen molar-refractivity contribution in [3.8, 4) is 0 Å². The molecule has 0 aromatic heterocycles. The summed E-state index contributed by atoms with van der Waals surface area (Å²) in [5.74, 6) is 0.0457. The van der Waals surface area contributed by atoms with Crippen molar-refractivity contribution in [2.45, 2.75) is 37.1 Å². The van der Waals surface area contributed by atoms with E-state index in [1.54, 1.807) is 12.2 Å². The Hall–Kier alpha value is -2.17. The number of carbonyl (C=O) groups is 1. The van der Waals surface area contributed by atoms with Crippen molar-refractivity contribution in [3.63, 3.8) is 0 Å². The number of piperidine rings is 1. The van der Waals surface area contributed by atoms with Crippen molar-refractivity contribution >= 4 is 5.91 Å². The van der Waals surface area contributed by atoms with Crippen molar-refractivity contribution in [1.29, 1.82) is 0 Å². The lowest BCUT2D eigenvalue weighted by molar-refractivity contribution is -0.180. The number of hydrogen-bond acceptors (Lipinski definition) is 3. The molecule has 1 amide bonds. The number of hydroxylamine groups is 2. The molecule has 0 N–H and O–H groups in total. The molecule has 2 aromatic rings. The SMILES string of the molecule is CON1C(=O)C(c2ccccc2)(c2ccccc2)CC1CN1CCCCC1. The number of hydrogen-bond donors (Lipinski definition) is 0. The first-order chi connectivity index (χ1) is 13.3. The van der Waals surface area contributed by atoms with Gasteiger partial charge >= 0.3 is 0 Å². The number of rotatable bonds is 5. The highest BCUT2D eigenvalue weighted by atomic mass is 16.7. The molecule has 2 aromatic carbocycles. The number of amides is 1. The minimum Gasteiger partial charge on any atom is -0.301 e. The molecule has 0 radical (unpaired) electrons. The first-order valence-electron chi connectivity index (χ1n) is 9.97. The summed E-state index contributed by atoms with van der Waals surface area (Å²) in [6.07, 6.45) is 4.54. The van der Waals surface area contributed by atoms with Gasteiger partial charge in [0.25, 0.3) is 5.91 Å². The molecule has 0 saturated carbocycles. The molecule has 4 heteroatoms. The fraction of sp³-hybridized carbons (Fsp3) is 0.435. The molecule has 2 aliphatic heterocycles. The number of likely N-dealkylation sites (tertiary alicyclic amines) is 1. The van der Waals surface area contributed by atoms with Gasteiger partial charge in [-0.15, -0.1) is 0 Å². The third-order valence-electron chi connectivity index (χ3n) is 6.09. The average molecular weight is 364 g/mol. The van der Waals surface area contributed by atoms with Gasteiger partial charge in [-0.25, -0.2) is 5.06 Å². The lowest BCUT2D eigenvalue weighted by atomic mass is 9.72. The molecule has 0 bridgehead atoms. The molecule has 0 aliphatic carbocycles. The Bertz CT molecular complexity index is 717. The van der Waals surface area contributed by atoms with Crippen LogP contribution in [0.3, 0.4) is 0 Å². The topological polar surface area (TPSA) is 32.8 Å². The van der Waals surface area contributed by atoms with Gasteiger partial charge in [-0.05, 0) is 43.5 Å². The van der Waals surface area contributed by atoms with Gasteiger partial charge in [0.15, 0.2) is 0 Å². The summed E-state index contributed by atoms with van der Waals surface area (Å²) in [6, 6.07) is 20.4. The van der Waals surface area contributed by atoms with Gasteiger partial charge in [0, 0.05) is 6.54 Å². The van der Waals surface area contributed by atoms with Crippen LogP contribution >= 0.6 is 0 Å². The van der Waals surface area contributed by atoms with E-state index < -0.39 is 5.41 Å². The highest BCUT2D eigenvalue weighted by molar-refractivity contribution is 5.94. The molecular weight excluding hydrogens is 336 g/mol. The Kier molecular flexibility index (Phi) is 5.28. The molecule has 1 atom stereocenters. The van der Waals surface area contributed by atoms with E-state index in [1.807, 2.05) is 36.4 Å². The Labute approximate surface area is 161 Å². The van der Waals surface area contributed by atoms with Gasteiger partial charge < -0.3 is 4.90 Å². The monoisotopic (exact) mass is 364 g/mol. The van der Waals surface area contributed by atoms with Crippen LogP contribution in [0.2, 0.25) is 0 Å². The highest BCUT2D eigenvalue weighted by Gasteiger charge is 2.54. The Morgan fingerprint density at radius 1 is 0.926 bits per heavy atom. The molecule has 4 nitrogen and oxygen atoms in total. The van der Waals surface area contributed by atoms with E-state index in [4.69, 9.17) is 4.84 Å². The fourth-order valence-electron chi connectivity index (χ4n) is 4.78. The van der Waals surface area contributed by atoms with Crippen LogP contribution in [0.15, 0.2) is 60.7 Å². The maximum atomic E-state index is 13.7. The average Bonchev–Trinajstić information content (AvgIpc) is 3.02. The number of carbonyl (C=O) groups excluding carboxylic acids is 1.